The molecule has 0 aliphatic heterocycles. The van der Waals surface area contributed by atoms with Crippen LogP contribution in [-0.2, 0) is 26.2 Å². The van der Waals surface area contributed by atoms with Gasteiger partial charge in [0.25, 0.3) is 10.0 Å². The molecular weight excluding hydrogens is 490 g/mol. The van der Waals surface area contributed by atoms with E-state index < -0.39 is 28.5 Å². The summed E-state index contributed by atoms with van der Waals surface area (Å²) in [6, 6.07) is 19.8. The first kappa shape index (κ1) is 27.7. The van der Waals surface area contributed by atoms with E-state index in [-0.39, 0.29) is 23.0 Å². The summed E-state index contributed by atoms with van der Waals surface area (Å²) >= 11 is 0. The number of nitrogens with zero attached hydrogens (tertiary/aromatic N) is 2. The fourth-order valence-corrected chi connectivity index (χ4v) is 5.46. The summed E-state index contributed by atoms with van der Waals surface area (Å²) in [5.41, 5.74) is 2.87. The van der Waals surface area contributed by atoms with Crippen molar-refractivity contribution in [3.05, 3.63) is 89.5 Å². The van der Waals surface area contributed by atoms with Gasteiger partial charge in [-0.15, -0.1) is 0 Å². The second kappa shape index (κ2) is 11.9. The monoisotopic (exact) mass is 523 g/mol. The first-order valence-corrected chi connectivity index (χ1v) is 13.3. The Hall–Kier alpha value is -3.85. The first-order valence-electron chi connectivity index (χ1n) is 11.9. The van der Waals surface area contributed by atoms with Crippen LogP contribution in [0.1, 0.15) is 23.6 Å². The van der Waals surface area contributed by atoms with Crippen molar-refractivity contribution in [1.82, 2.24) is 10.2 Å². The lowest BCUT2D eigenvalue weighted by atomic mass is 10.1. The average molecular weight is 524 g/mol. The highest BCUT2D eigenvalue weighted by molar-refractivity contribution is 7.92. The Morgan fingerprint density at radius 3 is 2.24 bits per heavy atom. The summed E-state index contributed by atoms with van der Waals surface area (Å²) in [6.45, 7) is 5.01. The van der Waals surface area contributed by atoms with E-state index in [0.29, 0.717) is 5.75 Å². The number of amides is 2. The topological polar surface area (TPSA) is 96.0 Å². The normalized spacial score (nSPS) is 11.9. The van der Waals surface area contributed by atoms with Gasteiger partial charge in [0.15, 0.2) is 0 Å². The molecule has 0 bridgehead atoms. The molecule has 2 amide bonds. The number of carbonyl (C=O) groups is 2. The van der Waals surface area contributed by atoms with Crippen molar-refractivity contribution in [1.29, 1.82) is 0 Å². The molecule has 0 spiro atoms. The molecule has 37 heavy (non-hydrogen) atoms. The third kappa shape index (κ3) is 6.48. The zero-order valence-corrected chi connectivity index (χ0v) is 22.6. The molecule has 0 heterocycles. The van der Waals surface area contributed by atoms with Crippen LogP contribution in [0.2, 0.25) is 0 Å². The predicted molar refractivity (Wildman–Crippen MR) is 144 cm³/mol. The fourth-order valence-electron chi connectivity index (χ4n) is 4.03. The Morgan fingerprint density at radius 2 is 1.62 bits per heavy atom. The lowest BCUT2D eigenvalue weighted by molar-refractivity contribution is -0.139. The summed E-state index contributed by atoms with van der Waals surface area (Å²) < 4.78 is 34.2. The zero-order chi connectivity index (χ0) is 27.2. The van der Waals surface area contributed by atoms with Crippen LogP contribution in [-0.4, -0.2) is 51.9 Å². The molecule has 0 radical (unpaired) electrons. The number of hydrogen-bond donors (Lipinski definition) is 1. The van der Waals surface area contributed by atoms with Gasteiger partial charge in [-0.1, -0.05) is 54.1 Å². The number of likely N-dealkylation sites (N-methyl/N-ethyl adjacent to an activating group) is 1. The SMILES string of the molecule is CNC(=O)[C@@H](C)N(Cc1cccc(C)c1)C(=O)CN(c1cc(C)ccc1OC)S(=O)(=O)c1ccccc1. The van der Waals surface area contributed by atoms with Crippen LogP contribution < -0.4 is 14.4 Å². The van der Waals surface area contributed by atoms with Crippen LogP contribution in [0.5, 0.6) is 5.75 Å². The van der Waals surface area contributed by atoms with Gasteiger partial charge in [0.1, 0.15) is 18.3 Å². The van der Waals surface area contributed by atoms with Gasteiger partial charge in [0, 0.05) is 13.6 Å². The molecule has 0 unspecified atom stereocenters. The van der Waals surface area contributed by atoms with Gasteiger partial charge in [-0.25, -0.2) is 8.42 Å². The summed E-state index contributed by atoms with van der Waals surface area (Å²) in [7, 11) is -1.21. The number of hydrogen-bond acceptors (Lipinski definition) is 5. The third-order valence-electron chi connectivity index (χ3n) is 6.06. The van der Waals surface area contributed by atoms with E-state index in [4.69, 9.17) is 4.74 Å². The second-order valence-corrected chi connectivity index (χ2v) is 10.7. The molecule has 3 aromatic rings. The molecule has 0 aromatic heterocycles. The molecule has 3 rings (SSSR count). The molecule has 0 saturated carbocycles. The van der Waals surface area contributed by atoms with Crippen LogP contribution in [0.3, 0.4) is 0 Å². The summed E-state index contributed by atoms with van der Waals surface area (Å²) in [6.07, 6.45) is 0. The van der Waals surface area contributed by atoms with Crippen molar-refractivity contribution in [2.24, 2.45) is 0 Å². The maximum Gasteiger partial charge on any atom is 0.264 e. The van der Waals surface area contributed by atoms with Crippen LogP contribution in [0.4, 0.5) is 5.69 Å². The molecular formula is C28H33N3O5S. The number of aryl methyl sites for hydroxylation is 2. The molecule has 0 saturated heterocycles. The van der Waals surface area contributed by atoms with Crippen molar-refractivity contribution in [3.63, 3.8) is 0 Å². The number of sulfonamides is 1. The Labute approximate surface area is 218 Å². The van der Waals surface area contributed by atoms with Gasteiger partial charge in [0.05, 0.1) is 17.7 Å². The van der Waals surface area contributed by atoms with Gasteiger partial charge >= 0.3 is 0 Å². The molecule has 0 aliphatic rings. The number of methoxy groups -OCH3 is 1. The first-order chi connectivity index (χ1) is 17.6. The maximum absolute atomic E-state index is 13.9. The quantitative estimate of drug-likeness (QED) is 0.438. The van der Waals surface area contributed by atoms with Crippen LogP contribution >= 0.6 is 0 Å². The van der Waals surface area contributed by atoms with Gasteiger partial charge < -0.3 is 15.0 Å². The minimum atomic E-state index is -4.16. The molecule has 3 aromatic carbocycles. The molecule has 9 heteroatoms. The molecule has 0 fully saturated rings. The standard InChI is InChI=1S/C28H33N3O5S/c1-20-10-9-11-23(16-20)18-30(22(3)28(33)29-4)27(32)19-31(25-17-21(2)14-15-26(25)36-5)37(34,35)24-12-7-6-8-13-24/h6-17,22H,18-19H2,1-5H3,(H,29,33)/t22-/m1/s1. The number of benzene rings is 3. The molecule has 1 N–H and O–H groups in total. The van der Waals surface area contributed by atoms with E-state index in [1.54, 1.807) is 43.3 Å². The van der Waals surface area contributed by atoms with Crippen molar-refractivity contribution in [2.75, 3.05) is 25.0 Å². The largest absolute Gasteiger partial charge is 0.495 e. The fraction of sp³-hybridized carbons (Fsp3) is 0.286. The highest BCUT2D eigenvalue weighted by Gasteiger charge is 2.33. The van der Waals surface area contributed by atoms with Crippen molar-refractivity contribution >= 4 is 27.5 Å². The second-order valence-electron chi connectivity index (χ2n) is 8.80. The lowest BCUT2D eigenvalue weighted by Gasteiger charge is -2.32. The number of anilines is 1. The van der Waals surface area contributed by atoms with Gasteiger partial charge in [0.2, 0.25) is 11.8 Å². The molecule has 8 nitrogen and oxygen atoms in total. The van der Waals surface area contributed by atoms with E-state index >= 15 is 0 Å². The Balaban J connectivity index is 2.10. The van der Waals surface area contributed by atoms with E-state index in [0.717, 1.165) is 21.0 Å². The summed E-state index contributed by atoms with van der Waals surface area (Å²) in [5.74, 6) is -0.574. The van der Waals surface area contributed by atoms with Gasteiger partial charge in [-0.2, -0.15) is 0 Å². The minimum absolute atomic E-state index is 0.0379. The third-order valence-corrected chi connectivity index (χ3v) is 7.84. The van der Waals surface area contributed by atoms with E-state index in [1.165, 1.54) is 31.2 Å². The summed E-state index contributed by atoms with van der Waals surface area (Å²) in [5, 5.41) is 2.58. The van der Waals surface area contributed by atoms with Crippen molar-refractivity contribution in [3.8, 4) is 5.75 Å². The highest BCUT2D eigenvalue weighted by Crippen LogP contribution is 2.33. The van der Waals surface area contributed by atoms with Crippen LogP contribution in [0.15, 0.2) is 77.7 Å². The Kier molecular flexibility index (Phi) is 8.94. The van der Waals surface area contributed by atoms with Crippen LogP contribution in [0, 0.1) is 13.8 Å². The minimum Gasteiger partial charge on any atom is -0.495 e. The molecule has 196 valence electrons. The molecule has 1 atom stereocenters. The van der Waals surface area contributed by atoms with E-state index in [9.17, 15) is 18.0 Å². The highest BCUT2D eigenvalue weighted by atomic mass is 32.2. The van der Waals surface area contributed by atoms with E-state index in [2.05, 4.69) is 5.32 Å². The maximum atomic E-state index is 13.9. The molecule has 0 aliphatic carbocycles. The van der Waals surface area contributed by atoms with Gasteiger partial charge in [-0.3, -0.25) is 13.9 Å². The number of carbonyl (C=O) groups excluding carboxylic acids is 2. The average Bonchev–Trinajstić information content (AvgIpc) is 2.89. The predicted octanol–water partition coefficient (Wildman–Crippen LogP) is 3.67. The van der Waals surface area contributed by atoms with Crippen LogP contribution in [0.25, 0.3) is 0 Å². The number of ether oxygens (including phenoxy) is 1. The zero-order valence-electron chi connectivity index (χ0n) is 21.8. The lowest BCUT2D eigenvalue weighted by Crippen LogP contribution is -2.50. The van der Waals surface area contributed by atoms with E-state index in [1.807, 2.05) is 38.1 Å². The number of nitrogens with one attached hydrogen (secondary N) is 1. The smallest absolute Gasteiger partial charge is 0.264 e. The Morgan fingerprint density at radius 1 is 0.946 bits per heavy atom. The number of rotatable bonds is 10. The van der Waals surface area contributed by atoms with Crippen molar-refractivity contribution in [2.45, 2.75) is 38.3 Å². The van der Waals surface area contributed by atoms with Gasteiger partial charge in [-0.05, 0) is 56.2 Å². The Bertz CT molecular complexity index is 1360. The van der Waals surface area contributed by atoms with Crippen molar-refractivity contribution < 1.29 is 22.7 Å². The summed E-state index contributed by atoms with van der Waals surface area (Å²) in [4.78, 5) is 27.8.